The summed E-state index contributed by atoms with van der Waals surface area (Å²) in [5.74, 6) is 0. The predicted octanol–water partition coefficient (Wildman–Crippen LogP) is -0.334. The summed E-state index contributed by atoms with van der Waals surface area (Å²) in [6.07, 6.45) is 1.25. The molecular formula is C6H13FN2O2S. The van der Waals surface area contributed by atoms with E-state index in [1.54, 1.807) is 0 Å². The lowest BCUT2D eigenvalue weighted by Crippen LogP contribution is -2.43. The molecule has 1 aliphatic heterocycles. The number of hydrogen-bond acceptors (Lipinski definition) is 3. The maximum absolute atomic E-state index is 12.0. The predicted molar refractivity (Wildman–Crippen MR) is 43.7 cm³/mol. The minimum absolute atomic E-state index is 0.0658. The number of alkyl halides is 1. The molecule has 6 heteroatoms. The number of piperidine rings is 1. The highest BCUT2D eigenvalue weighted by Crippen LogP contribution is 2.12. The van der Waals surface area contributed by atoms with E-state index in [9.17, 15) is 12.8 Å². The third-order valence-corrected chi connectivity index (χ3v) is 3.46. The third-order valence-electron chi connectivity index (χ3n) is 2.03. The summed E-state index contributed by atoms with van der Waals surface area (Å²) in [5.41, 5.74) is 5.57. The standard InChI is InChI=1S/C6H13FN2O2S/c7-5-12(10,11)9-3-1-6(8)2-4-9/h6H,1-5,8H2. The molecule has 0 amide bonds. The van der Waals surface area contributed by atoms with E-state index in [0.717, 1.165) is 4.31 Å². The molecule has 0 radical (unpaired) electrons. The van der Waals surface area contributed by atoms with Crippen molar-refractivity contribution in [3.05, 3.63) is 0 Å². The Morgan fingerprint density at radius 3 is 2.33 bits per heavy atom. The van der Waals surface area contributed by atoms with Gasteiger partial charge in [-0.2, -0.15) is 4.31 Å². The Bertz CT molecular complexity index is 234. The van der Waals surface area contributed by atoms with E-state index < -0.39 is 16.0 Å². The smallest absolute Gasteiger partial charge is 0.243 e. The second kappa shape index (κ2) is 3.68. The first-order valence-corrected chi connectivity index (χ1v) is 5.46. The van der Waals surface area contributed by atoms with Crippen molar-refractivity contribution in [3.8, 4) is 0 Å². The van der Waals surface area contributed by atoms with Crippen LogP contribution in [-0.2, 0) is 10.0 Å². The fraction of sp³-hybridized carbons (Fsp3) is 1.00. The minimum atomic E-state index is -3.63. The molecule has 0 unspecified atom stereocenters. The Hall–Kier alpha value is -0.200. The minimum Gasteiger partial charge on any atom is -0.328 e. The summed E-state index contributed by atoms with van der Waals surface area (Å²) in [7, 11) is -3.63. The van der Waals surface area contributed by atoms with Crippen LogP contribution in [0.15, 0.2) is 0 Å². The molecule has 0 atom stereocenters. The van der Waals surface area contributed by atoms with Gasteiger partial charge in [-0.3, -0.25) is 0 Å². The average Bonchev–Trinajstić information content (AvgIpc) is 2.05. The first kappa shape index (κ1) is 9.88. The molecule has 1 saturated heterocycles. The van der Waals surface area contributed by atoms with Crippen molar-refractivity contribution >= 4 is 10.0 Å². The first-order chi connectivity index (χ1) is 5.56. The van der Waals surface area contributed by atoms with E-state index in [1.807, 2.05) is 0 Å². The Morgan fingerprint density at radius 1 is 1.42 bits per heavy atom. The van der Waals surface area contributed by atoms with Crippen molar-refractivity contribution in [3.63, 3.8) is 0 Å². The highest BCUT2D eigenvalue weighted by molar-refractivity contribution is 7.88. The molecule has 12 heavy (non-hydrogen) atoms. The van der Waals surface area contributed by atoms with Gasteiger partial charge < -0.3 is 5.73 Å². The van der Waals surface area contributed by atoms with Gasteiger partial charge in [0.25, 0.3) is 0 Å². The summed E-state index contributed by atoms with van der Waals surface area (Å²) in [6, 6.07) is -1.24. The molecule has 0 aromatic rings. The highest BCUT2D eigenvalue weighted by Gasteiger charge is 2.25. The highest BCUT2D eigenvalue weighted by atomic mass is 32.2. The van der Waals surface area contributed by atoms with Crippen LogP contribution < -0.4 is 5.73 Å². The molecule has 1 aliphatic rings. The van der Waals surface area contributed by atoms with Gasteiger partial charge in [-0.1, -0.05) is 0 Å². The molecular weight excluding hydrogens is 183 g/mol. The molecule has 2 N–H and O–H groups in total. The van der Waals surface area contributed by atoms with Gasteiger partial charge in [0.2, 0.25) is 16.0 Å². The lowest BCUT2D eigenvalue weighted by Gasteiger charge is -2.28. The second-order valence-electron chi connectivity index (χ2n) is 2.96. The molecule has 72 valence electrons. The van der Waals surface area contributed by atoms with Gasteiger partial charge in [0.05, 0.1) is 0 Å². The van der Waals surface area contributed by atoms with E-state index in [2.05, 4.69) is 0 Å². The summed E-state index contributed by atoms with van der Waals surface area (Å²) < 4.78 is 35.1. The normalized spacial score (nSPS) is 22.8. The lowest BCUT2D eigenvalue weighted by atomic mass is 10.1. The number of rotatable bonds is 2. The zero-order chi connectivity index (χ0) is 9.19. The van der Waals surface area contributed by atoms with Crippen molar-refractivity contribution < 1.29 is 12.8 Å². The van der Waals surface area contributed by atoms with Gasteiger partial charge in [-0.25, -0.2) is 12.8 Å². The Balaban J connectivity index is 2.56. The largest absolute Gasteiger partial charge is 0.328 e. The average molecular weight is 196 g/mol. The van der Waals surface area contributed by atoms with Crippen LogP contribution in [0.5, 0.6) is 0 Å². The van der Waals surface area contributed by atoms with Crippen LogP contribution >= 0.6 is 0 Å². The molecule has 1 fully saturated rings. The molecule has 0 bridgehead atoms. The van der Waals surface area contributed by atoms with Crippen molar-refractivity contribution in [1.82, 2.24) is 4.31 Å². The van der Waals surface area contributed by atoms with Crippen LogP contribution in [0.25, 0.3) is 0 Å². The maximum atomic E-state index is 12.0. The van der Waals surface area contributed by atoms with Gasteiger partial charge in [0.15, 0.2) is 0 Å². The van der Waals surface area contributed by atoms with Crippen LogP contribution in [0.1, 0.15) is 12.8 Å². The molecule has 0 aromatic heterocycles. The van der Waals surface area contributed by atoms with Crippen LogP contribution in [0.3, 0.4) is 0 Å². The van der Waals surface area contributed by atoms with Crippen LogP contribution in [-0.4, -0.2) is 37.9 Å². The quantitative estimate of drug-likeness (QED) is 0.657. The third kappa shape index (κ3) is 2.15. The summed E-state index contributed by atoms with van der Waals surface area (Å²) >= 11 is 0. The van der Waals surface area contributed by atoms with Crippen molar-refractivity contribution in [2.45, 2.75) is 18.9 Å². The molecule has 1 rings (SSSR count). The Kier molecular flexibility index (Phi) is 3.03. The summed E-state index contributed by atoms with van der Waals surface area (Å²) in [4.78, 5) is 0. The number of halogens is 1. The van der Waals surface area contributed by atoms with E-state index in [-0.39, 0.29) is 6.04 Å². The summed E-state index contributed by atoms with van der Waals surface area (Å²) in [5, 5.41) is 0. The van der Waals surface area contributed by atoms with E-state index in [1.165, 1.54) is 0 Å². The lowest BCUT2D eigenvalue weighted by molar-refractivity contribution is 0.314. The molecule has 0 aromatic carbocycles. The molecule has 0 aliphatic carbocycles. The Labute approximate surface area is 71.6 Å². The molecule has 0 saturated carbocycles. The molecule has 0 spiro atoms. The van der Waals surface area contributed by atoms with E-state index >= 15 is 0 Å². The zero-order valence-electron chi connectivity index (χ0n) is 6.74. The topological polar surface area (TPSA) is 63.4 Å². The van der Waals surface area contributed by atoms with E-state index in [0.29, 0.717) is 25.9 Å². The molecule has 4 nitrogen and oxygen atoms in total. The van der Waals surface area contributed by atoms with Crippen molar-refractivity contribution in [1.29, 1.82) is 0 Å². The van der Waals surface area contributed by atoms with Crippen molar-refractivity contribution in [2.75, 3.05) is 19.1 Å². The number of hydrogen-bond donors (Lipinski definition) is 1. The number of nitrogens with two attached hydrogens (primary N) is 1. The Morgan fingerprint density at radius 2 is 1.92 bits per heavy atom. The SMILES string of the molecule is NC1CCN(S(=O)(=O)CF)CC1. The second-order valence-corrected chi connectivity index (χ2v) is 4.86. The molecule has 1 heterocycles. The van der Waals surface area contributed by atoms with Gasteiger partial charge >= 0.3 is 0 Å². The van der Waals surface area contributed by atoms with Gasteiger partial charge in [-0.15, -0.1) is 0 Å². The van der Waals surface area contributed by atoms with Crippen LogP contribution in [0.4, 0.5) is 4.39 Å². The fourth-order valence-electron chi connectivity index (χ4n) is 1.22. The van der Waals surface area contributed by atoms with E-state index in [4.69, 9.17) is 5.73 Å². The zero-order valence-corrected chi connectivity index (χ0v) is 7.56. The van der Waals surface area contributed by atoms with Crippen LogP contribution in [0, 0.1) is 0 Å². The van der Waals surface area contributed by atoms with Gasteiger partial charge in [0, 0.05) is 19.1 Å². The monoisotopic (exact) mass is 196 g/mol. The van der Waals surface area contributed by atoms with Crippen LogP contribution in [0.2, 0.25) is 0 Å². The maximum Gasteiger partial charge on any atom is 0.243 e. The van der Waals surface area contributed by atoms with Crippen molar-refractivity contribution in [2.24, 2.45) is 5.73 Å². The fourth-order valence-corrected chi connectivity index (χ4v) is 2.13. The van der Waals surface area contributed by atoms with Gasteiger partial charge in [0.1, 0.15) is 0 Å². The van der Waals surface area contributed by atoms with Gasteiger partial charge in [-0.05, 0) is 12.8 Å². The first-order valence-electron chi connectivity index (χ1n) is 3.85. The number of sulfonamides is 1. The summed E-state index contributed by atoms with van der Waals surface area (Å²) in [6.45, 7) is 0.709. The number of nitrogens with zero attached hydrogens (tertiary/aromatic N) is 1.